The van der Waals surface area contributed by atoms with Crippen LogP contribution >= 0.6 is 0 Å². The number of nitrogens with zero attached hydrogens (tertiary/aromatic N) is 2. The largest absolute Gasteiger partial charge is 0.378 e. The lowest BCUT2D eigenvalue weighted by atomic mass is 10.0. The highest BCUT2D eigenvalue weighted by Crippen LogP contribution is 2.17. The maximum absolute atomic E-state index is 13.1. The molecule has 0 aliphatic heterocycles. The predicted molar refractivity (Wildman–Crippen MR) is 147 cm³/mol. The molecule has 0 spiro atoms. The molecule has 4 rings (SSSR count). The Kier molecular flexibility index (Phi) is 7.56. The summed E-state index contributed by atoms with van der Waals surface area (Å²) in [5.74, 6) is -0.895. The van der Waals surface area contributed by atoms with E-state index in [2.05, 4.69) is 15.8 Å². The zero-order chi connectivity index (χ0) is 25.5. The van der Waals surface area contributed by atoms with Crippen LogP contribution in [-0.2, 0) is 4.79 Å². The van der Waals surface area contributed by atoms with Crippen molar-refractivity contribution in [1.82, 2.24) is 10.7 Å². The monoisotopic (exact) mass is 476 g/mol. The van der Waals surface area contributed by atoms with Gasteiger partial charge in [-0.3, -0.25) is 9.59 Å². The quantitative estimate of drug-likeness (QED) is 0.218. The van der Waals surface area contributed by atoms with Gasteiger partial charge in [-0.2, -0.15) is 5.10 Å². The van der Waals surface area contributed by atoms with E-state index in [1.165, 1.54) is 0 Å². The molecular formula is C30H28N4O2. The van der Waals surface area contributed by atoms with Crippen molar-refractivity contribution >= 4 is 40.1 Å². The molecule has 6 nitrogen and oxygen atoms in total. The van der Waals surface area contributed by atoms with Crippen molar-refractivity contribution in [3.05, 3.63) is 119 Å². The van der Waals surface area contributed by atoms with Crippen LogP contribution < -0.4 is 15.6 Å². The first-order valence-corrected chi connectivity index (χ1v) is 11.6. The lowest BCUT2D eigenvalue weighted by molar-refractivity contribution is -0.117. The van der Waals surface area contributed by atoms with E-state index in [4.69, 9.17) is 0 Å². The number of fused-ring (bicyclic) bond motifs is 1. The summed E-state index contributed by atoms with van der Waals surface area (Å²) in [4.78, 5) is 27.9. The van der Waals surface area contributed by atoms with Gasteiger partial charge in [0.2, 0.25) is 0 Å². The molecule has 4 aromatic rings. The molecule has 0 atom stereocenters. The second-order valence-corrected chi connectivity index (χ2v) is 8.56. The van der Waals surface area contributed by atoms with E-state index in [-0.39, 0.29) is 11.6 Å². The van der Waals surface area contributed by atoms with Gasteiger partial charge in [0.1, 0.15) is 5.70 Å². The Bertz CT molecular complexity index is 1440. The van der Waals surface area contributed by atoms with Crippen molar-refractivity contribution in [3.8, 4) is 0 Å². The number of hydrazone groups is 1. The molecule has 0 bridgehead atoms. The van der Waals surface area contributed by atoms with Crippen molar-refractivity contribution in [3.63, 3.8) is 0 Å². The summed E-state index contributed by atoms with van der Waals surface area (Å²) in [6, 6.07) is 30.5. The number of hydrogen-bond donors (Lipinski definition) is 2. The highest BCUT2D eigenvalue weighted by atomic mass is 16.2. The van der Waals surface area contributed by atoms with Crippen LogP contribution in [0.3, 0.4) is 0 Å². The van der Waals surface area contributed by atoms with E-state index >= 15 is 0 Å². The predicted octanol–water partition coefficient (Wildman–Crippen LogP) is 5.22. The number of nitrogens with one attached hydrogen (secondary N) is 2. The Morgan fingerprint density at radius 2 is 1.44 bits per heavy atom. The fourth-order valence-electron chi connectivity index (χ4n) is 3.65. The van der Waals surface area contributed by atoms with Crippen molar-refractivity contribution in [1.29, 1.82) is 0 Å². The molecule has 0 fully saturated rings. The van der Waals surface area contributed by atoms with Crippen LogP contribution in [0, 0.1) is 0 Å². The molecule has 0 heterocycles. The van der Waals surface area contributed by atoms with Crippen LogP contribution in [0.1, 0.15) is 28.4 Å². The molecule has 0 saturated heterocycles. The van der Waals surface area contributed by atoms with Crippen LogP contribution in [0.5, 0.6) is 0 Å². The minimum atomic E-state index is -0.517. The summed E-state index contributed by atoms with van der Waals surface area (Å²) in [5, 5.41) is 9.26. The summed E-state index contributed by atoms with van der Waals surface area (Å²) in [7, 11) is 3.92. The Morgan fingerprint density at radius 1 is 0.778 bits per heavy atom. The molecule has 36 heavy (non-hydrogen) atoms. The number of amides is 2. The number of carbonyl (C=O) groups excluding carboxylic acids is 2. The highest BCUT2D eigenvalue weighted by Gasteiger charge is 2.15. The minimum Gasteiger partial charge on any atom is -0.378 e. The van der Waals surface area contributed by atoms with E-state index in [1.54, 1.807) is 30.3 Å². The van der Waals surface area contributed by atoms with Gasteiger partial charge in [0, 0.05) is 25.3 Å². The molecule has 0 saturated carbocycles. The Hall–Kier alpha value is -4.71. The van der Waals surface area contributed by atoms with Crippen LogP contribution in [0.2, 0.25) is 0 Å². The topological polar surface area (TPSA) is 73.8 Å². The van der Waals surface area contributed by atoms with Gasteiger partial charge in [-0.15, -0.1) is 0 Å². The highest BCUT2D eigenvalue weighted by molar-refractivity contribution is 6.07. The molecule has 0 aliphatic carbocycles. The average Bonchev–Trinajstić information content (AvgIpc) is 2.91. The minimum absolute atomic E-state index is 0.0940. The SMILES string of the molecule is C/C(=N\NC(=O)/C(=C/c1ccc(N(C)C)cc1)NC(=O)c1ccccc1)c1ccc2ccccc2c1. The van der Waals surface area contributed by atoms with Gasteiger partial charge in [-0.25, -0.2) is 5.43 Å². The molecule has 0 radical (unpaired) electrons. The van der Waals surface area contributed by atoms with Gasteiger partial charge < -0.3 is 10.2 Å². The van der Waals surface area contributed by atoms with E-state index in [0.717, 1.165) is 27.6 Å². The lowest BCUT2D eigenvalue weighted by Gasteiger charge is -2.13. The van der Waals surface area contributed by atoms with Crippen molar-refractivity contribution in [2.45, 2.75) is 6.92 Å². The first-order chi connectivity index (χ1) is 17.4. The van der Waals surface area contributed by atoms with E-state index in [9.17, 15) is 9.59 Å². The second-order valence-electron chi connectivity index (χ2n) is 8.56. The standard InChI is InChI=1S/C30H28N4O2/c1-21(25-16-15-23-9-7-8-12-26(23)20-25)32-33-30(36)28(31-29(35)24-10-5-4-6-11-24)19-22-13-17-27(18-14-22)34(2)3/h4-20H,1-3H3,(H,31,35)(H,33,36)/b28-19-,32-21+. The molecule has 0 unspecified atom stereocenters. The molecule has 2 N–H and O–H groups in total. The van der Waals surface area contributed by atoms with Crippen LogP contribution in [-0.4, -0.2) is 31.6 Å². The summed E-state index contributed by atoms with van der Waals surface area (Å²) in [5.41, 5.74) is 6.49. The molecule has 2 amide bonds. The Balaban J connectivity index is 1.58. The fourth-order valence-corrected chi connectivity index (χ4v) is 3.65. The summed E-state index contributed by atoms with van der Waals surface area (Å²) < 4.78 is 0. The normalized spacial score (nSPS) is 11.8. The third-order valence-electron chi connectivity index (χ3n) is 5.74. The summed E-state index contributed by atoms with van der Waals surface area (Å²) >= 11 is 0. The van der Waals surface area contributed by atoms with E-state index in [1.807, 2.05) is 98.7 Å². The molecular weight excluding hydrogens is 448 g/mol. The van der Waals surface area contributed by atoms with Gasteiger partial charge in [-0.05, 0) is 65.2 Å². The number of rotatable bonds is 7. The third kappa shape index (κ3) is 6.04. The average molecular weight is 477 g/mol. The van der Waals surface area contributed by atoms with Crippen molar-refractivity contribution in [2.24, 2.45) is 5.10 Å². The molecule has 180 valence electrons. The van der Waals surface area contributed by atoms with Crippen LogP contribution in [0.25, 0.3) is 16.8 Å². The van der Waals surface area contributed by atoms with Crippen LogP contribution in [0.15, 0.2) is 108 Å². The van der Waals surface area contributed by atoms with Crippen LogP contribution in [0.4, 0.5) is 5.69 Å². The number of hydrogen-bond acceptors (Lipinski definition) is 4. The first kappa shape index (κ1) is 24.4. The lowest BCUT2D eigenvalue weighted by Crippen LogP contribution is -2.33. The van der Waals surface area contributed by atoms with E-state index < -0.39 is 5.91 Å². The summed E-state index contributed by atoms with van der Waals surface area (Å²) in [6.45, 7) is 1.83. The van der Waals surface area contributed by atoms with Crippen molar-refractivity contribution in [2.75, 3.05) is 19.0 Å². The fraction of sp³-hybridized carbons (Fsp3) is 0.100. The maximum atomic E-state index is 13.1. The Morgan fingerprint density at radius 3 is 2.14 bits per heavy atom. The smallest absolute Gasteiger partial charge is 0.287 e. The molecule has 0 aromatic heterocycles. The van der Waals surface area contributed by atoms with Gasteiger partial charge >= 0.3 is 0 Å². The third-order valence-corrected chi connectivity index (χ3v) is 5.74. The number of carbonyl (C=O) groups is 2. The zero-order valence-electron chi connectivity index (χ0n) is 20.5. The van der Waals surface area contributed by atoms with Gasteiger partial charge in [0.05, 0.1) is 5.71 Å². The second kappa shape index (κ2) is 11.1. The Labute approximate surface area is 211 Å². The molecule has 0 aliphatic rings. The molecule has 6 heteroatoms. The van der Waals surface area contributed by atoms with E-state index in [0.29, 0.717) is 11.3 Å². The molecule has 4 aromatic carbocycles. The first-order valence-electron chi connectivity index (χ1n) is 11.6. The van der Waals surface area contributed by atoms with Gasteiger partial charge in [0.15, 0.2) is 0 Å². The zero-order valence-corrected chi connectivity index (χ0v) is 20.5. The van der Waals surface area contributed by atoms with Gasteiger partial charge in [-0.1, -0.05) is 66.7 Å². The van der Waals surface area contributed by atoms with Gasteiger partial charge in [0.25, 0.3) is 11.8 Å². The maximum Gasteiger partial charge on any atom is 0.287 e. The summed E-state index contributed by atoms with van der Waals surface area (Å²) in [6.07, 6.45) is 1.64. The number of benzene rings is 4. The van der Waals surface area contributed by atoms with Crippen molar-refractivity contribution < 1.29 is 9.59 Å². The number of anilines is 1.